The lowest BCUT2D eigenvalue weighted by molar-refractivity contribution is 0.690. The van der Waals surface area contributed by atoms with E-state index in [2.05, 4.69) is 50.2 Å². The van der Waals surface area contributed by atoms with Crippen molar-refractivity contribution in [3.8, 4) is 0 Å². The summed E-state index contributed by atoms with van der Waals surface area (Å²) >= 11 is 0. The third-order valence-electron chi connectivity index (χ3n) is 5.09. The molecule has 0 aliphatic heterocycles. The third-order valence-corrected chi connectivity index (χ3v) is 5.09. The van der Waals surface area contributed by atoms with Crippen LogP contribution in [-0.4, -0.2) is 0 Å². The molecule has 4 rings (SSSR count). The average molecular weight is 260 g/mol. The molecule has 1 aliphatic carbocycles. The first-order valence-electron chi connectivity index (χ1n) is 7.70. The summed E-state index contributed by atoms with van der Waals surface area (Å²) in [7, 11) is 0. The lowest BCUT2D eigenvalue weighted by Gasteiger charge is -2.21. The van der Waals surface area contributed by atoms with E-state index in [1.165, 1.54) is 53.0 Å². The van der Waals surface area contributed by atoms with Gasteiger partial charge in [-0.05, 0) is 83.3 Å². The Morgan fingerprint density at radius 2 is 1.45 bits per heavy atom. The maximum Gasteiger partial charge on any atom is -0.00996 e. The molecule has 0 saturated carbocycles. The Hall–Kier alpha value is -1.82. The summed E-state index contributed by atoms with van der Waals surface area (Å²) in [4.78, 5) is 0. The van der Waals surface area contributed by atoms with Crippen LogP contribution in [0.3, 0.4) is 0 Å². The van der Waals surface area contributed by atoms with Gasteiger partial charge in [-0.1, -0.05) is 36.4 Å². The van der Waals surface area contributed by atoms with Crippen molar-refractivity contribution in [3.63, 3.8) is 0 Å². The van der Waals surface area contributed by atoms with Gasteiger partial charge >= 0.3 is 0 Å². The highest BCUT2D eigenvalue weighted by molar-refractivity contribution is 6.11. The van der Waals surface area contributed by atoms with Crippen LogP contribution in [0.1, 0.15) is 35.1 Å². The standard InChI is InChI=1S/C20H20/c1-13-14(2)20-17-9-4-3-7-15(17)11-12-19(20)18-10-6-5-8-16(13)18/h5-6,8,10-12H,3-4,7,9H2,1-2H3. The van der Waals surface area contributed by atoms with Crippen molar-refractivity contribution in [2.45, 2.75) is 39.5 Å². The minimum atomic E-state index is 1.26. The van der Waals surface area contributed by atoms with E-state index >= 15 is 0 Å². The zero-order valence-electron chi connectivity index (χ0n) is 12.3. The summed E-state index contributed by atoms with van der Waals surface area (Å²) in [6.07, 6.45) is 5.21. The predicted octanol–water partition coefficient (Wildman–Crippen LogP) is 5.49. The molecule has 0 amide bonds. The molecule has 0 aromatic heterocycles. The van der Waals surface area contributed by atoms with Gasteiger partial charge in [0.2, 0.25) is 0 Å². The van der Waals surface area contributed by atoms with Gasteiger partial charge in [0.25, 0.3) is 0 Å². The van der Waals surface area contributed by atoms with Crippen molar-refractivity contribution in [2.24, 2.45) is 0 Å². The van der Waals surface area contributed by atoms with Crippen LogP contribution in [0.5, 0.6) is 0 Å². The van der Waals surface area contributed by atoms with Crippen LogP contribution < -0.4 is 0 Å². The molecule has 3 aromatic rings. The van der Waals surface area contributed by atoms with Crippen LogP contribution in [0.25, 0.3) is 21.5 Å². The minimum Gasteiger partial charge on any atom is -0.0616 e. The van der Waals surface area contributed by atoms with Crippen molar-refractivity contribution in [1.29, 1.82) is 0 Å². The van der Waals surface area contributed by atoms with Crippen molar-refractivity contribution in [3.05, 3.63) is 58.7 Å². The van der Waals surface area contributed by atoms with Crippen molar-refractivity contribution < 1.29 is 0 Å². The summed E-state index contributed by atoms with van der Waals surface area (Å²) in [5.74, 6) is 0. The van der Waals surface area contributed by atoms with Crippen LogP contribution in [-0.2, 0) is 12.8 Å². The van der Waals surface area contributed by atoms with Gasteiger partial charge in [0.05, 0.1) is 0 Å². The Balaban J connectivity index is 2.25. The van der Waals surface area contributed by atoms with Crippen molar-refractivity contribution >= 4 is 21.5 Å². The van der Waals surface area contributed by atoms with Crippen molar-refractivity contribution in [2.75, 3.05) is 0 Å². The van der Waals surface area contributed by atoms with Gasteiger partial charge in [0, 0.05) is 0 Å². The molecule has 20 heavy (non-hydrogen) atoms. The molecule has 1 aliphatic rings. The summed E-state index contributed by atoms with van der Waals surface area (Å²) in [6, 6.07) is 13.6. The molecule has 0 radical (unpaired) electrons. The summed E-state index contributed by atoms with van der Waals surface area (Å²) < 4.78 is 0. The Morgan fingerprint density at radius 3 is 2.30 bits per heavy atom. The molecule has 0 heteroatoms. The SMILES string of the molecule is Cc1c(C)c2c3c(ccc2c2ccccc12)CCCC3. The summed E-state index contributed by atoms with van der Waals surface area (Å²) in [5.41, 5.74) is 6.14. The Labute approximate surface area is 120 Å². The van der Waals surface area contributed by atoms with E-state index in [1.807, 2.05) is 0 Å². The number of rotatable bonds is 0. The van der Waals surface area contributed by atoms with Crippen LogP contribution in [0.4, 0.5) is 0 Å². The second-order valence-electron chi connectivity index (χ2n) is 6.13. The topological polar surface area (TPSA) is 0 Å². The number of benzene rings is 3. The van der Waals surface area contributed by atoms with Crippen molar-refractivity contribution in [1.82, 2.24) is 0 Å². The second-order valence-corrected chi connectivity index (χ2v) is 6.13. The highest BCUT2D eigenvalue weighted by Gasteiger charge is 2.16. The highest BCUT2D eigenvalue weighted by atomic mass is 14.2. The fourth-order valence-corrected chi connectivity index (χ4v) is 3.92. The Bertz CT molecular complexity index is 819. The number of aryl methyl sites for hydroxylation is 4. The van der Waals surface area contributed by atoms with E-state index in [4.69, 9.17) is 0 Å². The third kappa shape index (κ3) is 1.54. The van der Waals surface area contributed by atoms with E-state index in [9.17, 15) is 0 Å². The lowest BCUT2D eigenvalue weighted by atomic mass is 9.83. The molecule has 0 spiro atoms. The Morgan fingerprint density at radius 1 is 0.700 bits per heavy atom. The van der Waals surface area contributed by atoms with Gasteiger partial charge in [0.1, 0.15) is 0 Å². The molecular weight excluding hydrogens is 240 g/mol. The molecule has 0 atom stereocenters. The first-order chi connectivity index (χ1) is 9.77. The van der Waals surface area contributed by atoms with E-state index in [1.54, 1.807) is 16.5 Å². The van der Waals surface area contributed by atoms with Gasteiger partial charge in [-0.3, -0.25) is 0 Å². The lowest BCUT2D eigenvalue weighted by Crippen LogP contribution is -2.04. The van der Waals surface area contributed by atoms with Crippen LogP contribution in [0, 0.1) is 13.8 Å². The first-order valence-corrected chi connectivity index (χ1v) is 7.70. The molecule has 0 nitrogen and oxygen atoms in total. The Kier molecular flexibility index (Phi) is 2.60. The zero-order valence-corrected chi connectivity index (χ0v) is 12.3. The zero-order chi connectivity index (χ0) is 13.7. The maximum absolute atomic E-state index is 2.37. The number of hydrogen-bond acceptors (Lipinski definition) is 0. The van der Waals surface area contributed by atoms with Crippen LogP contribution in [0.2, 0.25) is 0 Å². The molecule has 0 fully saturated rings. The second kappa shape index (κ2) is 4.34. The molecule has 0 N–H and O–H groups in total. The largest absolute Gasteiger partial charge is 0.0616 e. The quantitative estimate of drug-likeness (QED) is 0.469. The molecule has 0 unspecified atom stereocenters. The predicted molar refractivity (Wildman–Crippen MR) is 87.6 cm³/mol. The monoisotopic (exact) mass is 260 g/mol. The van der Waals surface area contributed by atoms with E-state index in [0.717, 1.165) is 0 Å². The normalized spacial score (nSPS) is 14.7. The molecule has 3 aromatic carbocycles. The molecule has 100 valence electrons. The van der Waals surface area contributed by atoms with E-state index in [-0.39, 0.29) is 0 Å². The summed E-state index contributed by atoms with van der Waals surface area (Å²) in [5, 5.41) is 5.81. The van der Waals surface area contributed by atoms with Crippen LogP contribution in [0.15, 0.2) is 36.4 Å². The van der Waals surface area contributed by atoms with E-state index < -0.39 is 0 Å². The fourth-order valence-electron chi connectivity index (χ4n) is 3.92. The fraction of sp³-hybridized carbons (Fsp3) is 0.300. The molecular formula is C20H20. The molecule has 0 heterocycles. The number of fused-ring (bicyclic) bond motifs is 5. The summed E-state index contributed by atoms with van der Waals surface area (Å²) in [6.45, 7) is 4.58. The van der Waals surface area contributed by atoms with Crippen LogP contribution >= 0.6 is 0 Å². The van der Waals surface area contributed by atoms with E-state index in [0.29, 0.717) is 0 Å². The smallest absolute Gasteiger partial charge is 0.00996 e. The first kappa shape index (κ1) is 12.0. The number of hydrogen-bond donors (Lipinski definition) is 0. The maximum atomic E-state index is 2.37. The molecule has 0 saturated heterocycles. The molecule has 0 bridgehead atoms. The van der Waals surface area contributed by atoms with Gasteiger partial charge in [-0.25, -0.2) is 0 Å². The van der Waals surface area contributed by atoms with Gasteiger partial charge in [-0.15, -0.1) is 0 Å². The highest BCUT2D eigenvalue weighted by Crippen LogP contribution is 2.37. The van der Waals surface area contributed by atoms with Gasteiger partial charge < -0.3 is 0 Å². The average Bonchev–Trinajstić information content (AvgIpc) is 2.51. The van der Waals surface area contributed by atoms with Gasteiger partial charge in [0.15, 0.2) is 0 Å². The van der Waals surface area contributed by atoms with Gasteiger partial charge in [-0.2, -0.15) is 0 Å². The minimum absolute atomic E-state index is 1.26.